The maximum atomic E-state index is 11.8. The lowest BCUT2D eigenvalue weighted by molar-refractivity contribution is -0.122. The molecule has 22 heavy (non-hydrogen) atoms. The molecule has 0 unspecified atom stereocenters. The average molecular weight is 337 g/mol. The number of amides is 1. The highest BCUT2D eigenvalue weighted by Gasteiger charge is 2.25. The number of nitrogens with one attached hydrogen (secondary N) is 2. The third kappa shape index (κ3) is 3.67. The topological polar surface area (TPSA) is 66.9 Å². The van der Waals surface area contributed by atoms with Crippen molar-refractivity contribution in [3.05, 3.63) is 40.4 Å². The summed E-state index contributed by atoms with van der Waals surface area (Å²) >= 11 is 11.9. The molecule has 1 aliphatic rings. The van der Waals surface area contributed by atoms with Crippen molar-refractivity contribution in [3.63, 3.8) is 0 Å². The van der Waals surface area contributed by atoms with Crippen LogP contribution in [0.2, 0.25) is 10.0 Å². The predicted molar refractivity (Wildman–Crippen MR) is 87.7 cm³/mol. The first-order valence-electron chi connectivity index (χ1n) is 6.98. The van der Waals surface area contributed by atoms with Crippen molar-refractivity contribution >= 4 is 46.4 Å². The standard InChI is InChI=1S/C15H14Cl2N4O/c16-10-6-11(17)8-12(7-10)18-13-4-5-14(21-20-13)19-15(22)9-2-1-3-9/h4-9H,1-3H2,(H,18,20)(H,19,21,22). The van der Waals surface area contributed by atoms with Gasteiger partial charge in [0.1, 0.15) is 0 Å². The summed E-state index contributed by atoms with van der Waals surface area (Å²) in [5.41, 5.74) is 0.720. The molecule has 2 N–H and O–H groups in total. The van der Waals surface area contributed by atoms with Crippen LogP contribution in [0.4, 0.5) is 17.3 Å². The number of rotatable bonds is 4. The van der Waals surface area contributed by atoms with Crippen LogP contribution < -0.4 is 10.6 Å². The highest BCUT2D eigenvalue weighted by molar-refractivity contribution is 6.35. The number of anilines is 3. The van der Waals surface area contributed by atoms with Gasteiger partial charge in [-0.25, -0.2) is 0 Å². The summed E-state index contributed by atoms with van der Waals surface area (Å²) in [5.74, 6) is 1.13. The summed E-state index contributed by atoms with van der Waals surface area (Å²) in [6, 6.07) is 8.57. The molecule has 114 valence electrons. The van der Waals surface area contributed by atoms with E-state index in [9.17, 15) is 4.79 Å². The first-order valence-corrected chi connectivity index (χ1v) is 7.73. The first kappa shape index (κ1) is 15.1. The van der Waals surface area contributed by atoms with E-state index in [0.29, 0.717) is 21.7 Å². The molecule has 2 aromatic rings. The van der Waals surface area contributed by atoms with Crippen molar-refractivity contribution in [2.75, 3.05) is 10.6 Å². The molecule has 3 rings (SSSR count). The van der Waals surface area contributed by atoms with Crippen molar-refractivity contribution in [3.8, 4) is 0 Å². The van der Waals surface area contributed by atoms with E-state index in [-0.39, 0.29) is 11.8 Å². The second kappa shape index (κ2) is 6.50. The normalized spacial score (nSPS) is 14.3. The molecular weight excluding hydrogens is 323 g/mol. The van der Waals surface area contributed by atoms with Gasteiger partial charge in [0.2, 0.25) is 5.91 Å². The first-order chi connectivity index (χ1) is 10.6. The molecule has 1 fully saturated rings. The fourth-order valence-corrected chi connectivity index (χ4v) is 2.66. The van der Waals surface area contributed by atoms with Crippen LogP contribution in [0.1, 0.15) is 19.3 Å². The van der Waals surface area contributed by atoms with Crippen LogP contribution in [0.25, 0.3) is 0 Å². The van der Waals surface area contributed by atoms with Crippen LogP contribution in [0.15, 0.2) is 30.3 Å². The van der Waals surface area contributed by atoms with Crippen LogP contribution >= 0.6 is 23.2 Å². The maximum Gasteiger partial charge on any atom is 0.228 e. The van der Waals surface area contributed by atoms with Crippen molar-refractivity contribution in [2.24, 2.45) is 5.92 Å². The Bertz CT molecular complexity index is 666. The summed E-state index contributed by atoms with van der Waals surface area (Å²) in [6.07, 6.45) is 3.03. The van der Waals surface area contributed by atoms with E-state index in [0.717, 1.165) is 24.9 Å². The number of halogens is 2. The Balaban J connectivity index is 1.64. The van der Waals surface area contributed by atoms with Crippen LogP contribution in [0, 0.1) is 5.92 Å². The van der Waals surface area contributed by atoms with Crippen molar-refractivity contribution < 1.29 is 4.79 Å². The van der Waals surface area contributed by atoms with Crippen LogP contribution in [0.5, 0.6) is 0 Å². The average Bonchev–Trinajstić information content (AvgIpc) is 2.37. The highest BCUT2D eigenvalue weighted by atomic mass is 35.5. The number of benzene rings is 1. The van der Waals surface area contributed by atoms with Gasteiger partial charge in [-0.3, -0.25) is 4.79 Å². The quantitative estimate of drug-likeness (QED) is 0.874. The van der Waals surface area contributed by atoms with E-state index < -0.39 is 0 Å². The molecule has 5 nitrogen and oxygen atoms in total. The Kier molecular flexibility index (Phi) is 4.45. The Morgan fingerprint density at radius 2 is 1.68 bits per heavy atom. The van der Waals surface area contributed by atoms with Gasteiger partial charge < -0.3 is 10.6 Å². The fraction of sp³-hybridized carbons (Fsp3) is 0.267. The van der Waals surface area contributed by atoms with Gasteiger partial charge in [-0.2, -0.15) is 0 Å². The number of hydrogen-bond acceptors (Lipinski definition) is 4. The zero-order valence-electron chi connectivity index (χ0n) is 11.6. The Morgan fingerprint density at radius 3 is 2.23 bits per heavy atom. The van der Waals surface area contributed by atoms with Gasteiger partial charge in [0.15, 0.2) is 11.6 Å². The third-order valence-electron chi connectivity index (χ3n) is 3.53. The largest absolute Gasteiger partial charge is 0.339 e. The summed E-state index contributed by atoms with van der Waals surface area (Å²) < 4.78 is 0. The molecule has 0 saturated heterocycles. The van der Waals surface area contributed by atoms with Crippen molar-refractivity contribution in [1.29, 1.82) is 0 Å². The summed E-state index contributed by atoms with van der Waals surface area (Å²) in [7, 11) is 0. The van der Waals surface area contributed by atoms with Gasteiger partial charge in [0.05, 0.1) is 0 Å². The lowest BCUT2D eigenvalue weighted by Crippen LogP contribution is -2.28. The molecule has 0 atom stereocenters. The summed E-state index contributed by atoms with van der Waals surface area (Å²) in [5, 5.41) is 14.9. The zero-order valence-corrected chi connectivity index (χ0v) is 13.2. The molecular formula is C15H14Cl2N4O. The molecule has 1 amide bonds. The predicted octanol–water partition coefficient (Wildman–Crippen LogP) is 4.27. The van der Waals surface area contributed by atoms with Gasteiger partial charge in [-0.1, -0.05) is 29.6 Å². The van der Waals surface area contributed by atoms with E-state index in [4.69, 9.17) is 23.2 Å². The van der Waals surface area contributed by atoms with Gasteiger partial charge in [-0.05, 0) is 43.2 Å². The Morgan fingerprint density at radius 1 is 1.05 bits per heavy atom. The zero-order chi connectivity index (χ0) is 15.5. The van der Waals surface area contributed by atoms with E-state index in [1.165, 1.54) is 0 Å². The highest BCUT2D eigenvalue weighted by Crippen LogP contribution is 2.27. The van der Waals surface area contributed by atoms with E-state index in [1.54, 1.807) is 30.3 Å². The molecule has 1 aliphatic carbocycles. The number of aromatic nitrogens is 2. The number of nitrogens with zero attached hydrogens (tertiary/aromatic N) is 2. The molecule has 1 aromatic carbocycles. The van der Waals surface area contributed by atoms with Crippen LogP contribution in [-0.2, 0) is 4.79 Å². The Hall–Kier alpha value is -1.85. The minimum absolute atomic E-state index is 0.0166. The fourth-order valence-electron chi connectivity index (χ4n) is 2.14. The molecule has 0 spiro atoms. The molecule has 7 heteroatoms. The van der Waals surface area contributed by atoms with Crippen LogP contribution in [0.3, 0.4) is 0 Å². The maximum absolute atomic E-state index is 11.8. The number of hydrogen-bond donors (Lipinski definition) is 2. The van der Waals surface area contributed by atoms with E-state index in [1.807, 2.05) is 0 Å². The second-order valence-electron chi connectivity index (χ2n) is 5.20. The monoisotopic (exact) mass is 336 g/mol. The van der Waals surface area contributed by atoms with Crippen molar-refractivity contribution in [2.45, 2.75) is 19.3 Å². The van der Waals surface area contributed by atoms with E-state index in [2.05, 4.69) is 20.8 Å². The lowest BCUT2D eigenvalue weighted by Gasteiger charge is -2.23. The van der Waals surface area contributed by atoms with Crippen molar-refractivity contribution in [1.82, 2.24) is 10.2 Å². The summed E-state index contributed by atoms with van der Waals surface area (Å²) in [4.78, 5) is 11.8. The van der Waals surface area contributed by atoms with Gasteiger partial charge in [0.25, 0.3) is 0 Å². The lowest BCUT2D eigenvalue weighted by atomic mass is 9.85. The Labute approximate surface area is 138 Å². The number of carbonyl (C=O) groups is 1. The molecule has 0 radical (unpaired) electrons. The number of carbonyl (C=O) groups excluding carboxylic acids is 1. The second-order valence-corrected chi connectivity index (χ2v) is 6.08. The summed E-state index contributed by atoms with van der Waals surface area (Å²) in [6.45, 7) is 0. The molecule has 0 aliphatic heterocycles. The van der Waals surface area contributed by atoms with Gasteiger partial charge in [-0.15, -0.1) is 10.2 Å². The van der Waals surface area contributed by atoms with E-state index >= 15 is 0 Å². The van der Waals surface area contributed by atoms with Crippen LogP contribution in [-0.4, -0.2) is 16.1 Å². The minimum atomic E-state index is 0.0166. The van der Waals surface area contributed by atoms with Gasteiger partial charge in [0, 0.05) is 21.7 Å². The van der Waals surface area contributed by atoms with Gasteiger partial charge >= 0.3 is 0 Å². The molecule has 1 saturated carbocycles. The third-order valence-corrected chi connectivity index (χ3v) is 3.96. The SMILES string of the molecule is O=C(Nc1ccc(Nc2cc(Cl)cc(Cl)c2)nn1)C1CCC1. The molecule has 0 bridgehead atoms. The smallest absolute Gasteiger partial charge is 0.228 e. The minimum Gasteiger partial charge on any atom is -0.339 e. The molecule has 1 aromatic heterocycles. The molecule has 1 heterocycles.